The van der Waals surface area contributed by atoms with Crippen molar-refractivity contribution < 1.29 is 4.74 Å². The summed E-state index contributed by atoms with van der Waals surface area (Å²) in [6.07, 6.45) is 0. The number of thiazole rings is 1. The number of nitrogens with zero attached hydrogens (tertiary/aromatic N) is 2. The van der Waals surface area contributed by atoms with E-state index < -0.39 is 11.2 Å². The van der Waals surface area contributed by atoms with Gasteiger partial charge in [-0.2, -0.15) is 0 Å². The van der Waals surface area contributed by atoms with Crippen molar-refractivity contribution >= 4 is 17.2 Å². The lowest BCUT2D eigenvalue weighted by atomic mass is 10.2. The second-order valence-electron chi connectivity index (χ2n) is 5.26. The molecule has 3 aromatic rings. The highest BCUT2D eigenvalue weighted by atomic mass is 32.1. The summed E-state index contributed by atoms with van der Waals surface area (Å²) in [5.74, 6) is 0.915. The van der Waals surface area contributed by atoms with E-state index in [1.165, 1.54) is 15.9 Å². The quantitative estimate of drug-likeness (QED) is 0.728. The van der Waals surface area contributed by atoms with Gasteiger partial charge in [-0.1, -0.05) is 0 Å². The molecular weight excluding hydrogens is 340 g/mol. The van der Waals surface area contributed by atoms with Gasteiger partial charge in [-0.3, -0.25) is 14.3 Å². The zero-order valence-corrected chi connectivity index (χ0v) is 14.7. The Hall–Kier alpha value is -2.87. The molecule has 0 atom stereocenters. The van der Waals surface area contributed by atoms with Crippen LogP contribution in [0.25, 0.3) is 21.8 Å². The summed E-state index contributed by atoms with van der Waals surface area (Å²) in [6, 6.07) is 7.57. The molecule has 0 aliphatic rings. The number of H-pyrrole nitrogens is 1. The molecule has 2 aromatic heterocycles. The van der Waals surface area contributed by atoms with Crippen LogP contribution in [0.3, 0.4) is 0 Å². The van der Waals surface area contributed by atoms with Gasteiger partial charge >= 0.3 is 5.69 Å². The Morgan fingerprint density at radius 2 is 1.96 bits per heavy atom. The summed E-state index contributed by atoms with van der Waals surface area (Å²) < 4.78 is 6.74. The first-order valence-corrected chi connectivity index (χ1v) is 8.74. The van der Waals surface area contributed by atoms with Crippen LogP contribution in [0.5, 0.6) is 5.75 Å². The molecule has 0 aliphatic carbocycles. The van der Waals surface area contributed by atoms with Crippen LogP contribution in [-0.2, 0) is 6.54 Å². The fourth-order valence-corrected chi connectivity index (χ4v) is 3.35. The monoisotopic (exact) mass is 358 g/mol. The molecule has 0 unspecified atom stereocenters. The molecule has 0 spiro atoms. The van der Waals surface area contributed by atoms with Crippen LogP contribution >= 0.6 is 11.3 Å². The smallest absolute Gasteiger partial charge is 0.329 e. The van der Waals surface area contributed by atoms with Gasteiger partial charge in [0.2, 0.25) is 0 Å². The number of nitrogen functional groups attached to an aromatic ring is 1. The Morgan fingerprint density at radius 1 is 1.24 bits per heavy atom. The minimum atomic E-state index is -0.532. The first kappa shape index (κ1) is 17.0. The summed E-state index contributed by atoms with van der Waals surface area (Å²) in [4.78, 5) is 30.8. The van der Waals surface area contributed by atoms with Crippen LogP contribution in [0.1, 0.15) is 13.8 Å². The van der Waals surface area contributed by atoms with Gasteiger partial charge < -0.3 is 10.5 Å². The predicted molar refractivity (Wildman–Crippen MR) is 99.1 cm³/mol. The SMILES string of the molecule is CCOc1ccc(-c2nc(-c3c(N)n(CC)c(=O)[nH]c3=O)cs2)cc1. The molecule has 0 saturated heterocycles. The molecule has 8 heteroatoms. The van der Waals surface area contributed by atoms with E-state index in [2.05, 4.69) is 9.97 Å². The number of rotatable bonds is 5. The number of benzene rings is 1. The van der Waals surface area contributed by atoms with Gasteiger partial charge in [-0.05, 0) is 38.1 Å². The number of aromatic nitrogens is 3. The largest absolute Gasteiger partial charge is 0.494 e. The summed E-state index contributed by atoms with van der Waals surface area (Å²) in [7, 11) is 0. The van der Waals surface area contributed by atoms with Gasteiger partial charge in [0.1, 0.15) is 22.1 Å². The van der Waals surface area contributed by atoms with Crippen molar-refractivity contribution in [3.63, 3.8) is 0 Å². The van der Waals surface area contributed by atoms with Gasteiger partial charge in [-0.25, -0.2) is 9.78 Å². The third-order valence-corrected chi connectivity index (χ3v) is 4.62. The maximum absolute atomic E-state index is 12.2. The average molecular weight is 358 g/mol. The van der Waals surface area contributed by atoms with Crippen molar-refractivity contribution in [3.8, 4) is 27.6 Å². The standard InChI is InChI=1S/C17H18N4O3S/c1-3-21-14(18)13(15(22)20-17(21)23)12-9-25-16(19-12)10-5-7-11(8-6-10)24-4-2/h5-9H,3-4,18H2,1-2H3,(H,20,22,23). The minimum Gasteiger partial charge on any atom is -0.494 e. The van der Waals surface area contributed by atoms with E-state index >= 15 is 0 Å². The Balaban J connectivity index is 2.02. The molecule has 1 aromatic carbocycles. The Labute approximate surface area is 147 Å². The molecule has 3 N–H and O–H groups in total. The number of anilines is 1. The predicted octanol–water partition coefficient (Wildman–Crippen LogP) is 2.33. The highest BCUT2D eigenvalue weighted by Gasteiger charge is 2.16. The van der Waals surface area contributed by atoms with Crippen molar-refractivity contribution in [1.29, 1.82) is 0 Å². The zero-order chi connectivity index (χ0) is 18.0. The van der Waals surface area contributed by atoms with Gasteiger partial charge in [0, 0.05) is 17.5 Å². The molecule has 0 radical (unpaired) electrons. The topological polar surface area (TPSA) is 103 Å². The summed E-state index contributed by atoms with van der Waals surface area (Å²) >= 11 is 1.40. The Bertz CT molecular complexity index is 1000. The second-order valence-corrected chi connectivity index (χ2v) is 6.12. The van der Waals surface area contributed by atoms with Crippen LogP contribution in [0.2, 0.25) is 0 Å². The fourth-order valence-electron chi connectivity index (χ4n) is 2.53. The third-order valence-electron chi connectivity index (χ3n) is 3.73. The number of hydrogen-bond acceptors (Lipinski definition) is 6. The maximum atomic E-state index is 12.2. The normalized spacial score (nSPS) is 10.8. The van der Waals surface area contributed by atoms with Crippen LogP contribution in [0.15, 0.2) is 39.2 Å². The molecule has 2 heterocycles. The van der Waals surface area contributed by atoms with Crippen LogP contribution in [-0.4, -0.2) is 21.1 Å². The van der Waals surface area contributed by atoms with Gasteiger partial charge in [0.15, 0.2) is 0 Å². The lowest BCUT2D eigenvalue weighted by Gasteiger charge is -2.08. The average Bonchev–Trinajstić information content (AvgIpc) is 3.05. The maximum Gasteiger partial charge on any atom is 0.329 e. The van der Waals surface area contributed by atoms with Crippen molar-refractivity contribution in [2.75, 3.05) is 12.3 Å². The van der Waals surface area contributed by atoms with Gasteiger partial charge in [0.25, 0.3) is 5.56 Å². The molecule has 130 valence electrons. The second kappa shape index (κ2) is 6.94. The molecule has 3 rings (SSSR count). The first-order valence-electron chi connectivity index (χ1n) is 7.86. The molecule has 0 aliphatic heterocycles. The highest BCUT2D eigenvalue weighted by Crippen LogP contribution is 2.30. The van der Waals surface area contributed by atoms with Crippen molar-refractivity contribution in [3.05, 3.63) is 50.5 Å². The van der Waals surface area contributed by atoms with E-state index in [1.54, 1.807) is 12.3 Å². The van der Waals surface area contributed by atoms with E-state index in [1.807, 2.05) is 31.2 Å². The Kier molecular flexibility index (Phi) is 4.71. The number of ether oxygens (including phenoxy) is 1. The number of nitrogens with two attached hydrogens (primary N) is 1. The number of hydrogen-bond donors (Lipinski definition) is 2. The third kappa shape index (κ3) is 3.20. The van der Waals surface area contributed by atoms with Crippen molar-refractivity contribution in [2.24, 2.45) is 0 Å². The van der Waals surface area contributed by atoms with E-state index in [4.69, 9.17) is 10.5 Å². The molecule has 0 amide bonds. The molecular formula is C17H18N4O3S. The van der Waals surface area contributed by atoms with Crippen molar-refractivity contribution in [1.82, 2.24) is 14.5 Å². The minimum absolute atomic E-state index is 0.125. The first-order chi connectivity index (χ1) is 12.0. The van der Waals surface area contributed by atoms with E-state index in [-0.39, 0.29) is 11.4 Å². The molecule has 0 saturated carbocycles. The van der Waals surface area contributed by atoms with Crippen molar-refractivity contribution in [2.45, 2.75) is 20.4 Å². The molecule has 0 fully saturated rings. The summed E-state index contributed by atoms with van der Waals surface area (Å²) in [6.45, 7) is 4.69. The molecule has 0 bridgehead atoms. The van der Waals surface area contributed by atoms with E-state index in [9.17, 15) is 9.59 Å². The van der Waals surface area contributed by atoms with Crippen LogP contribution < -0.4 is 21.7 Å². The number of nitrogens with one attached hydrogen (secondary N) is 1. The van der Waals surface area contributed by atoms with Crippen LogP contribution in [0.4, 0.5) is 5.82 Å². The van der Waals surface area contributed by atoms with E-state index in [0.717, 1.165) is 16.3 Å². The van der Waals surface area contributed by atoms with Gasteiger partial charge in [0.05, 0.1) is 12.3 Å². The summed E-state index contributed by atoms with van der Waals surface area (Å²) in [5, 5.41) is 2.52. The highest BCUT2D eigenvalue weighted by molar-refractivity contribution is 7.13. The Morgan fingerprint density at radius 3 is 2.60 bits per heavy atom. The van der Waals surface area contributed by atoms with Crippen LogP contribution in [0, 0.1) is 0 Å². The van der Waals surface area contributed by atoms with Gasteiger partial charge in [-0.15, -0.1) is 11.3 Å². The molecule has 25 heavy (non-hydrogen) atoms. The molecule has 7 nitrogen and oxygen atoms in total. The fraction of sp³-hybridized carbons (Fsp3) is 0.235. The lowest BCUT2D eigenvalue weighted by molar-refractivity contribution is 0.340. The number of aromatic amines is 1. The lowest BCUT2D eigenvalue weighted by Crippen LogP contribution is -2.32. The van der Waals surface area contributed by atoms with E-state index in [0.29, 0.717) is 18.8 Å². The zero-order valence-electron chi connectivity index (χ0n) is 13.9. The summed E-state index contributed by atoms with van der Waals surface area (Å²) in [5.41, 5.74) is 6.56.